The second-order valence-corrected chi connectivity index (χ2v) is 6.26. The van der Waals surface area contributed by atoms with Crippen molar-refractivity contribution in [3.8, 4) is 0 Å². The zero-order valence-electron chi connectivity index (χ0n) is 12.9. The molecule has 2 rings (SSSR count). The van der Waals surface area contributed by atoms with Crippen LogP contribution in [0.15, 0.2) is 24.3 Å². The summed E-state index contributed by atoms with van der Waals surface area (Å²) >= 11 is 0. The smallest absolute Gasteiger partial charge is 0.0693 e. The molecular weight excluding hydrogens is 248 g/mol. The molecule has 0 radical (unpaired) electrons. The van der Waals surface area contributed by atoms with Gasteiger partial charge in [0.1, 0.15) is 0 Å². The Morgan fingerprint density at radius 1 is 1.45 bits per heavy atom. The molecule has 1 aromatic carbocycles. The molecule has 3 nitrogen and oxygen atoms in total. The number of aliphatic hydroxyl groups excluding tert-OH is 1. The van der Waals surface area contributed by atoms with Gasteiger partial charge in [0.15, 0.2) is 0 Å². The minimum Gasteiger partial charge on any atom is -0.392 e. The van der Waals surface area contributed by atoms with E-state index in [1.54, 1.807) is 0 Å². The third-order valence-corrected chi connectivity index (χ3v) is 4.60. The molecule has 1 saturated heterocycles. The monoisotopic (exact) mass is 276 g/mol. The topological polar surface area (TPSA) is 49.5 Å². The Balaban J connectivity index is 2.24. The Kier molecular flexibility index (Phi) is 5.19. The Morgan fingerprint density at radius 2 is 2.20 bits per heavy atom. The molecule has 1 aliphatic rings. The first kappa shape index (κ1) is 15.5. The molecule has 112 valence electrons. The van der Waals surface area contributed by atoms with Crippen LogP contribution in [0.5, 0.6) is 0 Å². The molecular formula is C17H28N2O. The van der Waals surface area contributed by atoms with E-state index in [2.05, 4.69) is 49.9 Å². The van der Waals surface area contributed by atoms with Gasteiger partial charge in [-0.25, -0.2) is 0 Å². The van der Waals surface area contributed by atoms with E-state index < -0.39 is 0 Å². The van der Waals surface area contributed by atoms with Crippen LogP contribution >= 0.6 is 0 Å². The van der Waals surface area contributed by atoms with E-state index in [0.29, 0.717) is 5.92 Å². The van der Waals surface area contributed by atoms with E-state index >= 15 is 0 Å². The molecule has 4 atom stereocenters. The molecule has 1 heterocycles. The normalized spacial score (nSPS) is 27.2. The molecule has 20 heavy (non-hydrogen) atoms. The Morgan fingerprint density at radius 3 is 2.80 bits per heavy atom. The van der Waals surface area contributed by atoms with E-state index in [4.69, 9.17) is 5.73 Å². The van der Waals surface area contributed by atoms with Crippen LogP contribution < -0.4 is 5.73 Å². The molecule has 3 N–H and O–H groups in total. The molecule has 0 aromatic heterocycles. The molecule has 0 amide bonds. The lowest BCUT2D eigenvalue weighted by Crippen LogP contribution is -2.49. The molecule has 0 saturated carbocycles. The predicted molar refractivity (Wildman–Crippen MR) is 83.5 cm³/mol. The number of likely N-dealkylation sites (tertiary alicyclic amines) is 1. The summed E-state index contributed by atoms with van der Waals surface area (Å²) in [5.74, 6) is 0.391. The van der Waals surface area contributed by atoms with Gasteiger partial charge in [0.2, 0.25) is 0 Å². The van der Waals surface area contributed by atoms with Gasteiger partial charge in [-0.3, -0.25) is 4.90 Å². The van der Waals surface area contributed by atoms with Crippen molar-refractivity contribution in [2.24, 2.45) is 11.7 Å². The van der Waals surface area contributed by atoms with Crippen LogP contribution in [0.4, 0.5) is 0 Å². The fraction of sp³-hybridized carbons (Fsp3) is 0.647. The molecule has 1 aliphatic heterocycles. The van der Waals surface area contributed by atoms with Crippen molar-refractivity contribution in [1.29, 1.82) is 0 Å². The van der Waals surface area contributed by atoms with Crippen molar-refractivity contribution in [3.05, 3.63) is 35.4 Å². The SMILES string of the molecule is CCC(N)C(c1cccc(C)c1)N1CCC(C)C(O)C1. The zero-order valence-corrected chi connectivity index (χ0v) is 12.9. The maximum atomic E-state index is 10.2. The van der Waals surface area contributed by atoms with Crippen LogP contribution in [-0.2, 0) is 0 Å². The van der Waals surface area contributed by atoms with E-state index in [1.807, 2.05) is 0 Å². The standard InChI is InChI=1S/C17H28N2O/c1-4-15(18)17(14-7-5-6-12(2)10-14)19-9-8-13(3)16(20)11-19/h5-7,10,13,15-17,20H,4,8-9,11,18H2,1-3H3. The van der Waals surface area contributed by atoms with Gasteiger partial charge in [-0.1, -0.05) is 43.7 Å². The molecule has 4 unspecified atom stereocenters. The number of piperidine rings is 1. The number of hydrogen-bond acceptors (Lipinski definition) is 3. The van der Waals surface area contributed by atoms with Gasteiger partial charge in [-0.05, 0) is 37.8 Å². The third-order valence-electron chi connectivity index (χ3n) is 4.60. The van der Waals surface area contributed by atoms with Crippen LogP contribution in [0.2, 0.25) is 0 Å². The lowest BCUT2D eigenvalue weighted by molar-refractivity contribution is 0.00396. The summed E-state index contributed by atoms with van der Waals surface area (Å²) in [6, 6.07) is 8.93. The van der Waals surface area contributed by atoms with E-state index in [0.717, 1.165) is 25.9 Å². The van der Waals surface area contributed by atoms with Crippen molar-refractivity contribution in [2.45, 2.75) is 51.8 Å². The van der Waals surface area contributed by atoms with Gasteiger partial charge < -0.3 is 10.8 Å². The minimum atomic E-state index is -0.236. The van der Waals surface area contributed by atoms with Gasteiger partial charge in [0.05, 0.1) is 6.10 Å². The number of nitrogens with two attached hydrogens (primary N) is 1. The zero-order chi connectivity index (χ0) is 14.7. The summed E-state index contributed by atoms with van der Waals surface area (Å²) < 4.78 is 0. The van der Waals surface area contributed by atoms with Crippen molar-refractivity contribution in [2.75, 3.05) is 13.1 Å². The largest absolute Gasteiger partial charge is 0.392 e. The van der Waals surface area contributed by atoms with Gasteiger partial charge in [-0.15, -0.1) is 0 Å². The molecule has 0 bridgehead atoms. The minimum absolute atomic E-state index is 0.109. The number of aliphatic hydroxyl groups is 1. The van der Waals surface area contributed by atoms with Crippen LogP contribution in [0.1, 0.15) is 43.9 Å². The van der Waals surface area contributed by atoms with E-state index in [9.17, 15) is 5.11 Å². The first-order valence-electron chi connectivity index (χ1n) is 7.77. The molecule has 1 fully saturated rings. The van der Waals surface area contributed by atoms with Crippen LogP contribution in [0, 0.1) is 12.8 Å². The first-order chi connectivity index (χ1) is 9.52. The van der Waals surface area contributed by atoms with Gasteiger partial charge in [0, 0.05) is 18.6 Å². The Bertz CT molecular complexity index is 435. The fourth-order valence-electron chi connectivity index (χ4n) is 3.13. The summed E-state index contributed by atoms with van der Waals surface area (Å²) in [5, 5.41) is 10.2. The highest BCUT2D eigenvalue weighted by molar-refractivity contribution is 5.26. The maximum absolute atomic E-state index is 10.2. The average Bonchev–Trinajstić information content (AvgIpc) is 2.43. The highest BCUT2D eigenvalue weighted by atomic mass is 16.3. The number of rotatable bonds is 4. The number of nitrogens with zero attached hydrogens (tertiary/aromatic N) is 1. The summed E-state index contributed by atoms with van der Waals surface area (Å²) in [7, 11) is 0. The van der Waals surface area contributed by atoms with Crippen molar-refractivity contribution < 1.29 is 5.11 Å². The van der Waals surface area contributed by atoms with Crippen LogP contribution in [0.3, 0.4) is 0 Å². The van der Waals surface area contributed by atoms with E-state index in [-0.39, 0.29) is 18.2 Å². The number of benzene rings is 1. The molecule has 0 aliphatic carbocycles. The second kappa shape index (κ2) is 6.70. The lowest BCUT2D eigenvalue weighted by atomic mass is 9.90. The summed E-state index contributed by atoms with van der Waals surface area (Å²) in [6.45, 7) is 8.13. The summed E-state index contributed by atoms with van der Waals surface area (Å²) in [6.07, 6.45) is 1.75. The lowest BCUT2D eigenvalue weighted by Gasteiger charge is -2.41. The molecule has 1 aromatic rings. The third kappa shape index (κ3) is 3.40. The quantitative estimate of drug-likeness (QED) is 0.888. The Labute approximate surface area is 122 Å². The second-order valence-electron chi connectivity index (χ2n) is 6.26. The van der Waals surface area contributed by atoms with Gasteiger partial charge in [0.25, 0.3) is 0 Å². The molecule has 3 heteroatoms. The van der Waals surface area contributed by atoms with E-state index in [1.165, 1.54) is 11.1 Å². The highest BCUT2D eigenvalue weighted by Gasteiger charge is 2.32. The van der Waals surface area contributed by atoms with Crippen molar-refractivity contribution >= 4 is 0 Å². The summed E-state index contributed by atoms with van der Waals surface area (Å²) in [4.78, 5) is 2.37. The molecule has 0 spiro atoms. The first-order valence-corrected chi connectivity index (χ1v) is 7.77. The number of aryl methyl sites for hydroxylation is 1. The van der Waals surface area contributed by atoms with Gasteiger partial charge in [-0.2, -0.15) is 0 Å². The van der Waals surface area contributed by atoms with Crippen molar-refractivity contribution in [3.63, 3.8) is 0 Å². The Hall–Kier alpha value is -0.900. The summed E-state index contributed by atoms with van der Waals surface area (Å²) in [5.41, 5.74) is 8.93. The van der Waals surface area contributed by atoms with Crippen molar-refractivity contribution in [1.82, 2.24) is 4.90 Å². The predicted octanol–water partition coefficient (Wildman–Crippen LogP) is 2.48. The van der Waals surface area contributed by atoms with Gasteiger partial charge >= 0.3 is 0 Å². The average molecular weight is 276 g/mol. The van der Waals surface area contributed by atoms with Crippen LogP contribution in [0.25, 0.3) is 0 Å². The maximum Gasteiger partial charge on any atom is 0.0693 e. The number of hydrogen-bond donors (Lipinski definition) is 2. The number of β-amino-alcohol motifs (C(OH)–C–C–N with tert-alkyl or cyclic N) is 1. The fourth-order valence-corrected chi connectivity index (χ4v) is 3.13. The highest BCUT2D eigenvalue weighted by Crippen LogP contribution is 2.30. The van der Waals surface area contributed by atoms with Crippen LogP contribution in [-0.4, -0.2) is 35.2 Å².